The largest absolute Gasteiger partial charge is 0.508 e. The molecule has 23 heavy (non-hydrogen) atoms. The number of nitrogens with zero attached hydrogens (tertiary/aromatic N) is 1. The molecule has 0 aromatic heterocycles. The molecule has 1 amide bonds. The third-order valence-electron chi connectivity index (χ3n) is 3.89. The number of nitrogens with one attached hydrogen (secondary N) is 1. The molecule has 0 saturated carbocycles. The molecule has 0 bridgehead atoms. The number of carbonyl (C=O) groups excluding carboxylic acids is 1. The fourth-order valence-corrected chi connectivity index (χ4v) is 2.84. The quantitative estimate of drug-likeness (QED) is 0.836. The minimum absolute atomic E-state index is 0.223. The molecule has 2 aromatic carbocycles. The second-order valence-corrected chi connectivity index (χ2v) is 5.86. The summed E-state index contributed by atoms with van der Waals surface area (Å²) in [5, 5.41) is 13.8. The molecule has 1 aliphatic rings. The van der Waals surface area contributed by atoms with Crippen LogP contribution in [0.4, 0.5) is 4.39 Å². The van der Waals surface area contributed by atoms with Gasteiger partial charge in [0.15, 0.2) is 0 Å². The predicted octanol–water partition coefficient (Wildman–Crippen LogP) is 3.25. The van der Waals surface area contributed by atoms with Gasteiger partial charge in [-0.1, -0.05) is 13.0 Å². The van der Waals surface area contributed by atoms with Gasteiger partial charge in [-0.25, -0.2) is 9.82 Å². The molecule has 1 aliphatic carbocycles. The first-order chi connectivity index (χ1) is 11.0. The van der Waals surface area contributed by atoms with Gasteiger partial charge in [0.2, 0.25) is 0 Å². The molecular formula is C18H17FN2O2. The molecule has 2 N–H and O–H groups in total. The lowest BCUT2D eigenvalue weighted by molar-refractivity contribution is 0.0954. The number of phenolic OH excluding ortho intramolecular Hbond substituents is 1. The van der Waals surface area contributed by atoms with E-state index in [0.29, 0.717) is 5.92 Å². The number of amides is 1. The molecule has 0 saturated heterocycles. The van der Waals surface area contributed by atoms with Crippen LogP contribution in [0.25, 0.3) is 0 Å². The summed E-state index contributed by atoms with van der Waals surface area (Å²) < 4.78 is 13.2. The monoisotopic (exact) mass is 312 g/mol. The number of halogens is 1. The molecule has 0 fully saturated rings. The summed E-state index contributed by atoms with van der Waals surface area (Å²) in [6.45, 7) is 2.09. The van der Waals surface area contributed by atoms with Crippen LogP contribution in [0, 0.1) is 11.7 Å². The summed E-state index contributed by atoms with van der Waals surface area (Å²) in [5.41, 5.74) is 5.43. The predicted molar refractivity (Wildman–Crippen MR) is 86.0 cm³/mol. The Morgan fingerprint density at radius 3 is 2.87 bits per heavy atom. The minimum Gasteiger partial charge on any atom is -0.508 e. The van der Waals surface area contributed by atoms with Gasteiger partial charge in [-0.05, 0) is 60.7 Å². The maximum Gasteiger partial charge on any atom is 0.271 e. The second kappa shape index (κ2) is 6.20. The Hall–Kier alpha value is -2.69. The molecule has 1 atom stereocenters. The van der Waals surface area contributed by atoms with Crippen molar-refractivity contribution in [3.8, 4) is 5.75 Å². The van der Waals surface area contributed by atoms with E-state index in [4.69, 9.17) is 0 Å². The van der Waals surface area contributed by atoms with Crippen LogP contribution < -0.4 is 5.43 Å². The summed E-state index contributed by atoms with van der Waals surface area (Å²) in [7, 11) is 0. The van der Waals surface area contributed by atoms with Crippen LogP contribution in [0.3, 0.4) is 0 Å². The van der Waals surface area contributed by atoms with Gasteiger partial charge in [-0.2, -0.15) is 5.10 Å². The van der Waals surface area contributed by atoms with Crippen molar-refractivity contribution < 1.29 is 14.3 Å². The molecule has 5 heteroatoms. The maximum absolute atomic E-state index is 13.2. The number of benzene rings is 2. The fourth-order valence-electron chi connectivity index (χ4n) is 2.84. The van der Waals surface area contributed by atoms with Crippen molar-refractivity contribution in [2.24, 2.45) is 11.0 Å². The molecule has 2 aromatic rings. The Balaban J connectivity index is 1.84. The number of rotatable bonds is 2. The number of aromatic hydroxyl groups is 1. The van der Waals surface area contributed by atoms with Crippen molar-refractivity contribution in [2.75, 3.05) is 0 Å². The Kier molecular flexibility index (Phi) is 4.10. The van der Waals surface area contributed by atoms with Gasteiger partial charge >= 0.3 is 0 Å². The van der Waals surface area contributed by atoms with E-state index < -0.39 is 11.7 Å². The summed E-state index contributed by atoms with van der Waals surface area (Å²) >= 11 is 0. The van der Waals surface area contributed by atoms with Gasteiger partial charge < -0.3 is 5.11 Å². The van der Waals surface area contributed by atoms with Crippen molar-refractivity contribution in [1.82, 2.24) is 5.43 Å². The third-order valence-corrected chi connectivity index (χ3v) is 3.89. The molecule has 0 aliphatic heterocycles. The van der Waals surface area contributed by atoms with E-state index in [-0.39, 0.29) is 11.3 Å². The third kappa shape index (κ3) is 3.39. The standard InChI is InChI=1S/C18H17FN2O2/c1-11-7-13-10-15(22)5-6-16(13)17(8-11)20-21-18(23)12-3-2-4-14(19)9-12/h2-6,9-11,22H,7-8H2,1H3,(H,21,23)/t11-/m0/s1. The molecule has 0 radical (unpaired) electrons. The Labute approximate surface area is 133 Å². The van der Waals surface area contributed by atoms with Crippen LogP contribution in [-0.2, 0) is 6.42 Å². The highest BCUT2D eigenvalue weighted by Crippen LogP contribution is 2.28. The molecule has 118 valence electrons. The smallest absolute Gasteiger partial charge is 0.271 e. The van der Waals surface area contributed by atoms with Crippen LogP contribution >= 0.6 is 0 Å². The van der Waals surface area contributed by atoms with E-state index in [1.807, 2.05) is 6.07 Å². The summed E-state index contributed by atoms with van der Waals surface area (Å²) in [5.74, 6) is -0.317. The van der Waals surface area contributed by atoms with Gasteiger partial charge in [0.25, 0.3) is 5.91 Å². The van der Waals surface area contributed by atoms with Gasteiger partial charge in [0.05, 0.1) is 5.71 Å². The highest BCUT2D eigenvalue weighted by molar-refractivity contribution is 6.04. The van der Waals surface area contributed by atoms with E-state index in [1.54, 1.807) is 12.1 Å². The Morgan fingerprint density at radius 2 is 2.09 bits per heavy atom. The van der Waals surface area contributed by atoms with Crippen LogP contribution in [0.15, 0.2) is 47.6 Å². The number of phenols is 1. The van der Waals surface area contributed by atoms with E-state index >= 15 is 0 Å². The van der Waals surface area contributed by atoms with E-state index in [0.717, 1.165) is 29.7 Å². The van der Waals surface area contributed by atoms with Gasteiger partial charge in [0, 0.05) is 11.1 Å². The van der Waals surface area contributed by atoms with Crippen molar-refractivity contribution >= 4 is 11.6 Å². The molecular weight excluding hydrogens is 295 g/mol. The molecule has 0 spiro atoms. The first kappa shape index (κ1) is 15.2. The van der Waals surface area contributed by atoms with Crippen molar-refractivity contribution in [2.45, 2.75) is 19.8 Å². The summed E-state index contributed by atoms with van der Waals surface area (Å²) in [4.78, 5) is 12.1. The van der Waals surface area contributed by atoms with Gasteiger partial charge in [-0.3, -0.25) is 4.79 Å². The van der Waals surface area contributed by atoms with Gasteiger partial charge in [0.1, 0.15) is 11.6 Å². The summed E-state index contributed by atoms with van der Waals surface area (Å²) in [6.07, 6.45) is 1.60. The minimum atomic E-state index is -0.461. The summed E-state index contributed by atoms with van der Waals surface area (Å²) in [6, 6.07) is 10.6. The topological polar surface area (TPSA) is 61.7 Å². The lowest BCUT2D eigenvalue weighted by Crippen LogP contribution is -2.24. The first-order valence-electron chi connectivity index (χ1n) is 7.47. The SMILES string of the molecule is C[C@@H]1CC(=NNC(=O)c2cccc(F)c2)c2ccc(O)cc2C1. The zero-order valence-electron chi connectivity index (χ0n) is 12.7. The lowest BCUT2D eigenvalue weighted by Gasteiger charge is -2.23. The number of hydrogen-bond donors (Lipinski definition) is 2. The maximum atomic E-state index is 13.2. The number of carbonyl (C=O) groups is 1. The van der Waals surface area contributed by atoms with E-state index in [1.165, 1.54) is 24.3 Å². The molecule has 3 rings (SSSR count). The number of hydrazone groups is 1. The van der Waals surface area contributed by atoms with E-state index in [9.17, 15) is 14.3 Å². The van der Waals surface area contributed by atoms with Crippen LogP contribution in [0.2, 0.25) is 0 Å². The Morgan fingerprint density at radius 1 is 1.26 bits per heavy atom. The van der Waals surface area contributed by atoms with Crippen molar-refractivity contribution in [3.63, 3.8) is 0 Å². The highest BCUT2D eigenvalue weighted by Gasteiger charge is 2.21. The second-order valence-electron chi connectivity index (χ2n) is 5.86. The Bertz CT molecular complexity index is 786. The highest BCUT2D eigenvalue weighted by atomic mass is 19.1. The lowest BCUT2D eigenvalue weighted by atomic mass is 9.83. The zero-order valence-corrected chi connectivity index (χ0v) is 12.7. The molecule has 4 nitrogen and oxygen atoms in total. The average Bonchev–Trinajstić information content (AvgIpc) is 2.51. The van der Waals surface area contributed by atoms with Crippen molar-refractivity contribution in [1.29, 1.82) is 0 Å². The average molecular weight is 312 g/mol. The van der Waals surface area contributed by atoms with Crippen LogP contribution in [0.5, 0.6) is 5.75 Å². The van der Waals surface area contributed by atoms with Gasteiger partial charge in [-0.15, -0.1) is 0 Å². The van der Waals surface area contributed by atoms with E-state index in [2.05, 4.69) is 17.5 Å². The van der Waals surface area contributed by atoms with Crippen LogP contribution in [-0.4, -0.2) is 16.7 Å². The number of fused-ring (bicyclic) bond motifs is 1. The number of hydrogen-bond acceptors (Lipinski definition) is 3. The molecule has 0 unspecified atom stereocenters. The normalized spacial score (nSPS) is 18.5. The first-order valence-corrected chi connectivity index (χ1v) is 7.47. The van der Waals surface area contributed by atoms with Crippen molar-refractivity contribution in [3.05, 3.63) is 65.0 Å². The van der Waals surface area contributed by atoms with Crippen LogP contribution in [0.1, 0.15) is 34.8 Å². The zero-order chi connectivity index (χ0) is 16.4. The fraction of sp³-hybridized carbons (Fsp3) is 0.222. The molecule has 0 heterocycles.